The average Bonchev–Trinajstić information content (AvgIpc) is 2.92. The number of halogens is 1. The number of carbonyl (C=O) groups excluding carboxylic acids is 3. The number of hydrogen-bond acceptors (Lipinski definition) is 8. The van der Waals surface area contributed by atoms with Gasteiger partial charge in [0.15, 0.2) is 6.10 Å². The van der Waals surface area contributed by atoms with Gasteiger partial charge in [0, 0.05) is 12.7 Å². The SMILES string of the molecule is C#CCn1cc(C(=O)NCCCOC(=O)[C@@H](O)[C@@H](NC(=O)OC(C)(C)C)c2ccccc2)c(=O)c2ccc(Cl)nc21. The number of aromatic nitrogens is 2. The monoisotopic (exact) mass is 582 g/mol. The first-order valence-electron chi connectivity index (χ1n) is 12.7. The van der Waals surface area contributed by atoms with Crippen molar-refractivity contribution < 1.29 is 29.0 Å². The van der Waals surface area contributed by atoms with E-state index in [9.17, 15) is 24.3 Å². The number of aliphatic hydroxyl groups excluding tert-OH is 1. The lowest BCUT2D eigenvalue weighted by Gasteiger charge is -2.26. The van der Waals surface area contributed by atoms with Crippen molar-refractivity contribution in [3.05, 3.63) is 75.2 Å². The first kappa shape index (κ1) is 31.1. The molecule has 216 valence electrons. The van der Waals surface area contributed by atoms with Gasteiger partial charge in [-0.05, 0) is 44.9 Å². The second-order valence-electron chi connectivity index (χ2n) is 9.97. The molecule has 0 aliphatic carbocycles. The molecule has 2 aromatic heterocycles. The van der Waals surface area contributed by atoms with Gasteiger partial charge in [-0.3, -0.25) is 9.59 Å². The lowest BCUT2D eigenvalue weighted by atomic mass is 10.0. The highest BCUT2D eigenvalue weighted by molar-refractivity contribution is 6.29. The fourth-order valence-electron chi connectivity index (χ4n) is 3.83. The van der Waals surface area contributed by atoms with Crippen LogP contribution < -0.4 is 16.1 Å². The van der Waals surface area contributed by atoms with Crippen molar-refractivity contribution >= 4 is 40.6 Å². The van der Waals surface area contributed by atoms with Gasteiger partial charge in [0.2, 0.25) is 5.43 Å². The molecule has 0 unspecified atom stereocenters. The van der Waals surface area contributed by atoms with Crippen LogP contribution in [0, 0.1) is 12.3 Å². The number of alkyl carbamates (subject to hydrolysis) is 1. The highest BCUT2D eigenvalue weighted by Gasteiger charge is 2.32. The normalized spacial score (nSPS) is 12.6. The summed E-state index contributed by atoms with van der Waals surface area (Å²) < 4.78 is 11.9. The minimum atomic E-state index is -1.73. The molecule has 2 heterocycles. The number of nitrogens with zero attached hydrogens (tertiary/aromatic N) is 2. The summed E-state index contributed by atoms with van der Waals surface area (Å²) in [6.07, 6.45) is 4.38. The number of esters is 1. The van der Waals surface area contributed by atoms with Gasteiger partial charge in [0.1, 0.15) is 22.0 Å². The van der Waals surface area contributed by atoms with Gasteiger partial charge in [-0.15, -0.1) is 6.42 Å². The maximum Gasteiger partial charge on any atom is 0.408 e. The summed E-state index contributed by atoms with van der Waals surface area (Å²) in [5.74, 6) is 0.829. The third-order valence-corrected chi connectivity index (χ3v) is 5.84. The van der Waals surface area contributed by atoms with E-state index in [-0.39, 0.29) is 47.9 Å². The Balaban J connectivity index is 1.59. The smallest absolute Gasteiger partial charge is 0.408 e. The zero-order valence-electron chi connectivity index (χ0n) is 22.8. The third-order valence-electron chi connectivity index (χ3n) is 5.63. The number of terminal acetylenes is 1. The van der Waals surface area contributed by atoms with Gasteiger partial charge < -0.3 is 29.8 Å². The van der Waals surface area contributed by atoms with Crippen molar-refractivity contribution in [2.24, 2.45) is 0 Å². The molecule has 12 heteroatoms. The summed E-state index contributed by atoms with van der Waals surface area (Å²) in [5, 5.41) is 16.2. The Hall–Kier alpha value is -4.40. The Morgan fingerprint density at radius 1 is 1.17 bits per heavy atom. The van der Waals surface area contributed by atoms with Crippen molar-refractivity contribution in [2.45, 2.75) is 51.5 Å². The number of nitrogens with one attached hydrogen (secondary N) is 2. The van der Waals surface area contributed by atoms with Crippen LogP contribution in [0.1, 0.15) is 49.2 Å². The van der Waals surface area contributed by atoms with Gasteiger partial charge in [-0.1, -0.05) is 47.9 Å². The first-order valence-corrected chi connectivity index (χ1v) is 13.1. The standard InChI is InChI=1S/C29H31ClN4O7/c1-5-15-34-17-20(23(35)19-12-13-21(30)32-25(19)34)26(37)31-14-9-16-40-27(38)24(36)22(18-10-7-6-8-11-18)33-28(39)41-29(2,3)4/h1,6-8,10-13,17,22,24,36H,9,14-16H2,2-4H3,(H,31,37)(H,33,39)/t22-,24-/m0/s1. The first-order chi connectivity index (χ1) is 19.4. The molecule has 3 rings (SSSR count). The number of pyridine rings is 2. The summed E-state index contributed by atoms with van der Waals surface area (Å²) in [6, 6.07) is 10.2. The van der Waals surface area contributed by atoms with Crippen LogP contribution in [-0.2, 0) is 20.8 Å². The Morgan fingerprint density at radius 3 is 2.54 bits per heavy atom. The van der Waals surface area contributed by atoms with Crippen molar-refractivity contribution in [2.75, 3.05) is 13.2 Å². The second-order valence-corrected chi connectivity index (χ2v) is 10.4. The summed E-state index contributed by atoms with van der Waals surface area (Å²) in [4.78, 5) is 54.7. The zero-order chi connectivity index (χ0) is 30.2. The molecular weight excluding hydrogens is 552 g/mol. The van der Waals surface area contributed by atoms with Gasteiger partial charge in [0.25, 0.3) is 5.91 Å². The summed E-state index contributed by atoms with van der Waals surface area (Å²) >= 11 is 5.95. The Kier molecular flexibility index (Phi) is 10.5. The van der Waals surface area contributed by atoms with Crippen LogP contribution in [0.4, 0.5) is 4.79 Å². The Morgan fingerprint density at radius 2 is 1.88 bits per heavy atom. The molecule has 0 spiro atoms. The molecule has 2 amide bonds. The summed E-state index contributed by atoms with van der Waals surface area (Å²) in [7, 11) is 0. The van der Waals surface area contributed by atoms with E-state index in [1.54, 1.807) is 51.1 Å². The summed E-state index contributed by atoms with van der Waals surface area (Å²) in [5.41, 5.74) is -0.722. The molecule has 3 aromatic rings. The van der Waals surface area contributed by atoms with E-state index < -0.39 is 41.1 Å². The number of amides is 2. The molecule has 0 saturated heterocycles. The lowest BCUT2D eigenvalue weighted by molar-refractivity contribution is -0.155. The van der Waals surface area contributed by atoms with E-state index in [1.165, 1.54) is 22.9 Å². The van der Waals surface area contributed by atoms with Crippen LogP contribution in [0.5, 0.6) is 0 Å². The molecule has 0 bridgehead atoms. The molecule has 2 atom stereocenters. The minimum absolute atomic E-state index is 0.0615. The van der Waals surface area contributed by atoms with Crippen LogP contribution in [0.25, 0.3) is 11.0 Å². The highest BCUT2D eigenvalue weighted by Crippen LogP contribution is 2.20. The maximum atomic E-state index is 12.9. The molecule has 0 fully saturated rings. The maximum absolute atomic E-state index is 12.9. The van der Waals surface area contributed by atoms with E-state index in [0.29, 0.717) is 5.56 Å². The molecule has 0 aliphatic heterocycles. The largest absolute Gasteiger partial charge is 0.464 e. The molecule has 3 N–H and O–H groups in total. The van der Waals surface area contributed by atoms with Crippen LogP contribution >= 0.6 is 11.6 Å². The highest BCUT2D eigenvalue weighted by atomic mass is 35.5. The number of fused-ring (bicyclic) bond motifs is 1. The lowest BCUT2D eigenvalue weighted by Crippen LogP contribution is -2.43. The predicted molar refractivity (Wildman–Crippen MR) is 152 cm³/mol. The van der Waals surface area contributed by atoms with Crippen molar-refractivity contribution in [1.82, 2.24) is 20.2 Å². The van der Waals surface area contributed by atoms with Crippen LogP contribution in [0.15, 0.2) is 53.5 Å². The van der Waals surface area contributed by atoms with E-state index in [1.807, 2.05) is 0 Å². The quantitative estimate of drug-likeness (QED) is 0.143. The molecule has 11 nitrogen and oxygen atoms in total. The molecular formula is C29H31ClN4O7. The van der Waals surface area contributed by atoms with E-state index in [4.69, 9.17) is 27.5 Å². The van der Waals surface area contributed by atoms with Crippen molar-refractivity contribution in [3.8, 4) is 12.3 Å². The Bertz CT molecular complexity index is 1510. The second kappa shape index (κ2) is 13.8. The Labute approximate surface area is 241 Å². The van der Waals surface area contributed by atoms with Gasteiger partial charge in [-0.25, -0.2) is 14.6 Å². The minimum Gasteiger partial charge on any atom is -0.464 e. The summed E-state index contributed by atoms with van der Waals surface area (Å²) in [6.45, 7) is 5.04. The zero-order valence-corrected chi connectivity index (χ0v) is 23.6. The number of rotatable bonds is 10. The molecule has 0 radical (unpaired) electrons. The van der Waals surface area contributed by atoms with E-state index in [0.717, 1.165) is 0 Å². The topological polar surface area (TPSA) is 149 Å². The number of benzene rings is 1. The van der Waals surface area contributed by atoms with E-state index in [2.05, 4.69) is 21.5 Å². The fraction of sp³-hybridized carbons (Fsp3) is 0.345. The number of hydrogen-bond donors (Lipinski definition) is 3. The number of ether oxygens (including phenoxy) is 2. The van der Waals surface area contributed by atoms with Gasteiger partial charge >= 0.3 is 12.1 Å². The fourth-order valence-corrected chi connectivity index (χ4v) is 3.97. The molecule has 41 heavy (non-hydrogen) atoms. The van der Waals surface area contributed by atoms with Crippen molar-refractivity contribution in [3.63, 3.8) is 0 Å². The van der Waals surface area contributed by atoms with Crippen molar-refractivity contribution in [1.29, 1.82) is 0 Å². The number of carbonyl (C=O) groups is 3. The number of aliphatic hydroxyl groups is 1. The van der Waals surface area contributed by atoms with Crippen LogP contribution in [0.2, 0.25) is 5.15 Å². The molecule has 0 saturated carbocycles. The van der Waals surface area contributed by atoms with Gasteiger partial charge in [-0.2, -0.15) is 0 Å². The molecule has 0 aliphatic rings. The molecule has 1 aromatic carbocycles. The van der Waals surface area contributed by atoms with Crippen LogP contribution in [-0.4, -0.2) is 57.5 Å². The third kappa shape index (κ3) is 8.54. The average molecular weight is 583 g/mol. The van der Waals surface area contributed by atoms with E-state index >= 15 is 0 Å². The predicted octanol–water partition coefficient (Wildman–Crippen LogP) is 2.97. The van der Waals surface area contributed by atoms with Crippen LogP contribution in [0.3, 0.4) is 0 Å². The van der Waals surface area contributed by atoms with Gasteiger partial charge in [0.05, 0.1) is 24.6 Å².